The van der Waals surface area contributed by atoms with Crippen LogP contribution in [-0.4, -0.2) is 48.3 Å². The molecule has 0 bridgehead atoms. The molecule has 0 saturated carbocycles. The maximum Gasteiger partial charge on any atom is 0.317 e. The number of hydrogen-bond donors (Lipinski definition) is 1. The molecule has 0 spiro atoms. The van der Waals surface area contributed by atoms with Gasteiger partial charge >= 0.3 is 6.03 Å². The van der Waals surface area contributed by atoms with E-state index >= 15 is 0 Å². The fraction of sp³-hybridized carbons (Fsp3) is 0.625. The number of hydrogen-bond acceptors (Lipinski definition) is 3. The van der Waals surface area contributed by atoms with Crippen LogP contribution in [0.15, 0.2) is 24.5 Å². The molecule has 0 aromatic carbocycles. The van der Waals surface area contributed by atoms with Crippen molar-refractivity contribution in [3.8, 4) is 0 Å². The molecule has 1 unspecified atom stereocenters. The van der Waals surface area contributed by atoms with Gasteiger partial charge in [0.1, 0.15) is 0 Å². The van der Waals surface area contributed by atoms with Gasteiger partial charge in [-0.3, -0.25) is 4.98 Å². The van der Waals surface area contributed by atoms with E-state index in [9.17, 15) is 4.79 Å². The smallest absolute Gasteiger partial charge is 0.317 e. The Labute approximate surface area is 126 Å². The van der Waals surface area contributed by atoms with Gasteiger partial charge in [0.05, 0.1) is 6.10 Å². The number of carbonyl (C=O) groups excluding carboxylic acids is 1. The van der Waals surface area contributed by atoms with Crippen molar-refractivity contribution >= 4 is 6.03 Å². The summed E-state index contributed by atoms with van der Waals surface area (Å²) in [6.07, 6.45) is 7.68. The molecule has 2 rings (SSSR count). The van der Waals surface area contributed by atoms with E-state index < -0.39 is 0 Å². The van der Waals surface area contributed by atoms with Gasteiger partial charge in [-0.25, -0.2) is 4.79 Å². The van der Waals surface area contributed by atoms with Gasteiger partial charge in [0, 0.05) is 38.6 Å². The molecular formula is C16H25N3O2. The molecule has 2 amide bonds. The predicted octanol–water partition coefficient (Wildman–Crippen LogP) is 2.22. The van der Waals surface area contributed by atoms with Gasteiger partial charge in [-0.15, -0.1) is 0 Å². The molecule has 5 nitrogen and oxygen atoms in total. The monoisotopic (exact) mass is 291 g/mol. The summed E-state index contributed by atoms with van der Waals surface area (Å²) in [7, 11) is 0. The van der Waals surface area contributed by atoms with Gasteiger partial charge in [-0.1, -0.05) is 6.92 Å². The Balaban J connectivity index is 1.70. The lowest BCUT2D eigenvalue weighted by molar-refractivity contribution is 0.0101. The molecule has 1 aliphatic rings. The van der Waals surface area contributed by atoms with Crippen molar-refractivity contribution in [1.29, 1.82) is 0 Å². The minimum absolute atomic E-state index is 0.0221. The van der Waals surface area contributed by atoms with Gasteiger partial charge < -0.3 is 15.0 Å². The Hall–Kier alpha value is -1.62. The van der Waals surface area contributed by atoms with Crippen LogP contribution in [-0.2, 0) is 11.2 Å². The van der Waals surface area contributed by atoms with Gasteiger partial charge in [-0.05, 0) is 43.4 Å². The first-order valence-electron chi connectivity index (χ1n) is 7.83. The third kappa shape index (κ3) is 5.34. The Kier molecular flexibility index (Phi) is 6.47. The summed E-state index contributed by atoms with van der Waals surface area (Å²) in [5.74, 6) is 0. The van der Waals surface area contributed by atoms with Gasteiger partial charge in [-0.2, -0.15) is 0 Å². The first-order valence-corrected chi connectivity index (χ1v) is 7.83. The average molecular weight is 291 g/mol. The number of urea groups is 1. The molecule has 1 N–H and O–H groups in total. The molecule has 1 saturated heterocycles. The normalized spacial score (nSPS) is 18.5. The Morgan fingerprint density at radius 2 is 2.29 bits per heavy atom. The number of ether oxygens (including phenoxy) is 1. The zero-order valence-corrected chi connectivity index (χ0v) is 12.8. The van der Waals surface area contributed by atoms with E-state index in [2.05, 4.69) is 17.2 Å². The van der Waals surface area contributed by atoms with Gasteiger partial charge in [0.15, 0.2) is 0 Å². The summed E-state index contributed by atoms with van der Waals surface area (Å²) < 4.78 is 5.76. The molecular weight excluding hydrogens is 266 g/mol. The molecule has 2 heterocycles. The summed E-state index contributed by atoms with van der Waals surface area (Å²) in [6.45, 7) is 5.07. The van der Waals surface area contributed by atoms with E-state index in [1.807, 2.05) is 17.0 Å². The van der Waals surface area contributed by atoms with Crippen LogP contribution < -0.4 is 5.32 Å². The molecule has 1 aliphatic heterocycles. The van der Waals surface area contributed by atoms with Crippen LogP contribution in [0.2, 0.25) is 0 Å². The standard InChI is InChI=1S/C16H25N3O2/c1-2-12-21-15-4-3-11-19(13-15)16(20)18-10-7-14-5-8-17-9-6-14/h5-6,8-9,15H,2-4,7,10-13H2,1H3,(H,18,20). The second-order valence-electron chi connectivity index (χ2n) is 5.42. The first kappa shape index (κ1) is 15.8. The topological polar surface area (TPSA) is 54.5 Å². The highest BCUT2D eigenvalue weighted by atomic mass is 16.5. The number of carbonyl (C=O) groups is 1. The molecule has 1 atom stereocenters. The van der Waals surface area contributed by atoms with E-state index in [0.29, 0.717) is 13.1 Å². The number of likely N-dealkylation sites (tertiary alicyclic amines) is 1. The predicted molar refractivity (Wildman–Crippen MR) is 82.2 cm³/mol. The molecule has 0 radical (unpaired) electrons. The van der Waals surface area contributed by atoms with Gasteiger partial charge in [0.2, 0.25) is 0 Å². The summed E-state index contributed by atoms with van der Waals surface area (Å²) >= 11 is 0. The maximum atomic E-state index is 12.2. The highest BCUT2D eigenvalue weighted by molar-refractivity contribution is 5.74. The van der Waals surface area contributed by atoms with Crippen LogP contribution in [0.3, 0.4) is 0 Å². The number of pyridine rings is 1. The van der Waals surface area contributed by atoms with Gasteiger partial charge in [0.25, 0.3) is 0 Å². The van der Waals surface area contributed by atoms with Crippen LogP contribution in [0, 0.1) is 0 Å². The van der Waals surface area contributed by atoms with E-state index in [0.717, 1.165) is 38.8 Å². The molecule has 116 valence electrons. The molecule has 1 aromatic rings. The molecule has 21 heavy (non-hydrogen) atoms. The number of nitrogens with one attached hydrogen (secondary N) is 1. The third-order valence-corrected chi connectivity index (χ3v) is 3.66. The minimum atomic E-state index is 0.0221. The Morgan fingerprint density at radius 1 is 1.48 bits per heavy atom. The van der Waals surface area contributed by atoms with Crippen molar-refractivity contribution in [3.63, 3.8) is 0 Å². The fourth-order valence-electron chi connectivity index (χ4n) is 2.52. The zero-order valence-electron chi connectivity index (χ0n) is 12.8. The minimum Gasteiger partial charge on any atom is -0.376 e. The van der Waals surface area contributed by atoms with E-state index in [-0.39, 0.29) is 12.1 Å². The average Bonchev–Trinajstić information content (AvgIpc) is 2.54. The van der Waals surface area contributed by atoms with Crippen LogP contribution in [0.5, 0.6) is 0 Å². The SMILES string of the molecule is CCCOC1CCCN(C(=O)NCCc2ccncc2)C1. The van der Waals surface area contributed by atoms with E-state index in [4.69, 9.17) is 4.74 Å². The van der Waals surface area contributed by atoms with Crippen molar-refractivity contribution in [2.45, 2.75) is 38.7 Å². The second-order valence-corrected chi connectivity index (χ2v) is 5.42. The number of nitrogens with zero attached hydrogens (tertiary/aromatic N) is 2. The fourth-order valence-corrected chi connectivity index (χ4v) is 2.52. The lowest BCUT2D eigenvalue weighted by Gasteiger charge is -2.32. The summed E-state index contributed by atoms with van der Waals surface area (Å²) in [6, 6.07) is 3.97. The largest absolute Gasteiger partial charge is 0.376 e. The zero-order chi connectivity index (χ0) is 14.9. The lowest BCUT2D eigenvalue weighted by atomic mass is 10.1. The molecule has 5 heteroatoms. The highest BCUT2D eigenvalue weighted by Crippen LogP contribution is 2.13. The Morgan fingerprint density at radius 3 is 3.05 bits per heavy atom. The Bertz CT molecular complexity index is 425. The van der Waals surface area contributed by atoms with E-state index in [1.54, 1.807) is 12.4 Å². The van der Waals surface area contributed by atoms with Crippen molar-refractivity contribution in [1.82, 2.24) is 15.2 Å². The second kappa shape index (κ2) is 8.62. The molecule has 0 aliphatic carbocycles. The van der Waals surface area contributed by atoms with Crippen LogP contribution in [0.4, 0.5) is 4.79 Å². The van der Waals surface area contributed by atoms with Crippen LogP contribution >= 0.6 is 0 Å². The third-order valence-electron chi connectivity index (χ3n) is 3.66. The maximum absolute atomic E-state index is 12.2. The van der Waals surface area contributed by atoms with Crippen molar-refractivity contribution in [3.05, 3.63) is 30.1 Å². The lowest BCUT2D eigenvalue weighted by Crippen LogP contribution is -2.48. The van der Waals surface area contributed by atoms with Crippen LogP contribution in [0.1, 0.15) is 31.7 Å². The number of rotatable bonds is 6. The highest BCUT2D eigenvalue weighted by Gasteiger charge is 2.23. The molecule has 1 aromatic heterocycles. The van der Waals surface area contributed by atoms with Crippen LogP contribution in [0.25, 0.3) is 0 Å². The summed E-state index contributed by atoms with van der Waals surface area (Å²) in [5, 5.41) is 2.99. The first-order chi connectivity index (χ1) is 10.3. The van der Waals surface area contributed by atoms with E-state index in [1.165, 1.54) is 5.56 Å². The molecule has 1 fully saturated rings. The van der Waals surface area contributed by atoms with Crippen molar-refractivity contribution < 1.29 is 9.53 Å². The number of amides is 2. The number of piperidine rings is 1. The number of aromatic nitrogens is 1. The van der Waals surface area contributed by atoms with Crippen molar-refractivity contribution in [2.75, 3.05) is 26.2 Å². The summed E-state index contributed by atoms with van der Waals surface area (Å²) in [4.78, 5) is 18.0. The van der Waals surface area contributed by atoms with Crippen molar-refractivity contribution in [2.24, 2.45) is 0 Å². The quantitative estimate of drug-likeness (QED) is 0.874. The summed E-state index contributed by atoms with van der Waals surface area (Å²) in [5.41, 5.74) is 1.19.